The molecule has 0 spiro atoms. The molecule has 0 aliphatic rings. The number of benzene rings is 2. The van der Waals surface area contributed by atoms with Crippen LogP contribution in [-0.4, -0.2) is 46.1 Å². The molecule has 2 rings (SSSR count). The molecular weight excluding hydrogens is 542 g/mol. The van der Waals surface area contributed by atoms with Crippen LogP contribution in [0.1, 0.15) is 108 Å². The number of rotatable bonds is 14. The van der Waals surface area contributed by atoms with E-state index in [0.717, 1.165) is 36.8 Å². The number of hydrogen-bond donors (Lipinski definition) is 3. The number of carbonyl (C=O) groups excluding carboxylic acids is 3. The van der Waals surface area contributed by atoms with Crippen molar-refractivity contribution in [1.82, 2.24) is 10.2 Å². The second kappa shape index (κ2) is 16.3. The fourth-order valence-corrected chi connectivity index (χ4v) is 5.10. The van der Waals surface area contributed by atoms with Gasteiger partial charge in [-0.1, -0.05) is 89.3 Å². The summed E-state index contributed by atoms with van der Waals surface area (Å²) in [4.78, 5) is 43.3. The average Bonchev–Trinajstić information content (AvgIpc) is 2.93. The van der Waals surface area contributed by atoms with Gasteiger partial charge in [-0.25, -0.2) is 4.79 Å². The van der Waals surface area contributed by atoms with Crippen molar-refractivity contribution in [2.45, 2.75) is 119 Å². The Morgan fingerprint density at radius 2 is 1.49 bits per heavy atom. The molecule has 3 unspecified atom stereocenters. The van der Waals surface area contributed by atoms with Crippen LogP contribution < -0.4 is 10.6 Å². The van der Waals surface area contributed by atoms with Gasteiger partial charge >= 0.3 is 6.09 Å². The third-order valence-corrected chi connectivity index (χ3v) is 7.79. The molecular formula is C35H53N3O5. The first-order valence-electron chi connectivity index (χ1n) is 15.7. The smallest absolute Gasteiger partial charge is 0.408 e. The first-order valence-corrected chi connectivity index (χ1v) is 15.7. The van der Waals surface area contributed by atoms with Gasteiger partial charge < -0.3 is 25.4 Å². The Morgan fingerprint density at radius 1 is 0.907 bits per heavy atom. The van der Waals surface area contributed by atoms with Gasteiger partial charge in [-0.2, -0.15) is 0 Å². The number of nitrogens with one attached hydrogen (secondary N) is 2. The number of anilines is 1. The summed E-state index contributed by atoms with van der Waals surface area (Å²) in [7, 11) is 0. The molecule has 0 bridgehead atoms. The third kappa shape index (κ3) is 10.3. The van der Waals surface area contributed by atoms with Crippen molar-refractivity contribution in [2.75, 3.05) is 11.9 Å². The number of phenolic OH excluding ortho intramolecular Hbond substituents is 1. The Hall–Kier alpha value is -3.55. The summed E-state index contributed by atoms with van der Waals surface area (Å²) in [6.45, 7) is 17.2. The molecule has 0 fully saturated rings. The number of phenols is 1. The summed E-state index contributed by atoms with van der Waals surface area (Å²) in [5, 5.41) is 17.1. The van der Waals surface area contributed by atoms with E-state index < -0.39 is 35.6 Å². The van der Waals surface area contributed by atoms with Gasteiger partial charge in [0.15, 0.2) is 0 Å². The summed E-state index contributed by atoms with van der Waals surface area (Å²) in [5.74, 6) is -1.09. The van der Waals surface area contributed by atoms with Crippen LogP contribution in [0.4, 0.5) is 10.5 Å². The van der Waals surface area contributed by atoms with Crippen LogP contribution in [0.5, 0.6) is 5.75 Å². The maximum Gasteiger partial charge on any atom is 0.408 e. The first-order chi connectivity index (χ1) is 20.2. The largest absolute Gasteiger partial charge is 0.507 e. The van der Waals surface area contributed by atoms with Crippen molar-refractivity contribution in [3.05, 3.63) is 58.7 Å². The minimum Gasteiger partial charge on any atom is -0.507 e. The molecule has 3 atom stereocenters. The number of carbonyl (C=O) groups is 3. The Balaban J connectivity index is 2.65. The topological polar surface area (TPSA) is 108 Å². The minimum absolute atomic E-state index is 0.0341. The van der Waals surface area contributed by atoms with E-state index >= 15 is 0 Å². The molecule has 8 heteroatoms. The van der Waals surface area contributed by atoms with Gasteiger partial charge in [0.05, 0.1) is 0 Å². The first kappa shape index (κ1) is 35.6. The Morgan fingerprint density at radius 3 is 2.07 bits per heavy atom. The molecule has 8 nitrogen and oxygen atoms in total. The van der Waals surface area contributed by atoms with Gasteiger partial charge in [0.25, 0.3) is 5.91 Å². The molecule has 0 aliphatic heterocycles. The van der Waals surface area contributed by atoms with Crippen LogP contribution >= 0.6 is 0 Å². The van der Waals surface area contributed by atoms with E-state index in [-0.39, 0.29) is 18.2 Å². The quantitative estimate of drug-likeness (QED) is 0.194. The summed E-state index contributed by atoms with van der Waals surface area (Å²) in [5.41, 5.74) is 2.65. The third-order valence-electron chi connectivity index (χ3n) is 7.79. The average molecular weight is 596 g/mol. The van der Waals surface area contributed by atoms with E-state index in [2.05, 4.69) is 17.6 Å². The second-order valence-electron chi connectivity index (χ2n) is 12.6. The van der Waals surface area contributed by atoms with Crippen LogP contribution in [0.3, 0.4) is 0 Å². The summed E-state index contributed by atoms with van der Waals surface area (Å²) < 4.78 is 5.51. The number of ether oxygens (including phenoxy) is 1. The van der Waals surface area contributed by atoms with Gasteiger partial charge in [-0.05, 0) is 70.6 Å². The molecule has 0 radical (unpaired) electrons. The van der Waals surface area contributed by atoms with Gasteiger partial charge in [-0.15, -0.1) is 0 Å². The Labute approximate surface area is 258 Å². The van der Waals surface area contributed by atoms with Crippen molar-refractivity contribution in [1.29, 1.82) is 0 Å². The summed E-state index contributed by atoms with van der Waals surface area (Å²) in [6, 6.07) is 8.93. The van der Waals surface area contributed by atoms with Crippen molar-refractivity contribution >= 4 is 23.6 Å². The number of hydrogen-bond acceptors (Lipinski definition) is 5. The zero-order valence-corrected chi connectivity index (χ0v) is 27.7. The molecule has 3 amide bonds. The predicted octanol–water partition coefficient (Wildman–Crippen LogP) is 7.74. The maximum atomic E-state index is 14.6. The molecule has 0 saturated heterocycles. The molecule has 2 aromatic carbocycles. The standard InChI is InChI=1S/C35H53N3O5/c1-10-12-13-14-15-22-38(33(41)29(23(3)11-2)37-34(42)43-35(7,8)9)30(27-21-17-20-26(6)31(27)39)32(40)36-28-24(4)18-16-19-25(28)5/h16-21,23,29-30,39H,10-15,22H2,1-9H3,(H,36,40)(H,37,42). The fraction of sp³-hybridized carbons (Fsp3) is 0.571. The minimum atomic E-state index is -1.13. The van der Waals surface area contributed by atoms with E-state index in [1.165, 1.54) is 4.90 Å². The molecule has 0 aromatic heterocycles. The number of aromatic hydroxyl groups is 1. The van der Waals surface area contributed by atoms with Crippen molar-refractivity contribution in [3.63, 3.8) is 0 Å². The number of para-hydroxylation sites is 2. The summed E-state index contributed by atoms with van der Waals surface area (Å²) in [6.07, 6.45) is 4.66. The predicted molar refractivity (Wildman–Crippen MR) is 173 cm³/mol. The number of unbranched alkanes of at least 4 members (excludes halogenated alkanes) is 4. The maximum absolute atomic E-state index is 14.6. The van der Waals surface area contributed by atoms with E-state index in [1.54, 1.807) is 45.9 Å². The fourth-order valence-electron chi connectivity index (χ4n) is 5.10. The van der Waals surface area contributed by atoms with Gasteiger partial charge in [0.1, 0.15) is 23.4 Å². The zero-order chi connectivity index (χ0) is 32.3. The van der Waals surface area contributed by atoms with Crippen molar-refractivity contribution < 1.29 is 24.2 Å². The number of amides is 3. The highest BCUT2D eigenvalue weighted by atomic mass is 16.6. The molecule has 0 aliphatic carbocycles. The van der Waals surface area contributed by atoms with Crippen LogP contribution in [0.15, 0.2) is 36.4 Å². The highest BCUT2D eigenvalue weighted by molar-refractivity contribution is 6.00. The van der Waals surface area contributed by atoms with Crippen LogP contribution in [0, 0.1) is 26.7 Å². The van der Waals surface area contributed by atoms with Gasteiger partial charge in [0, 0.05) is 17.8 Å². The van der Waals surface area contributed by atoms with E-state index in [0.29, 0.717) is 29.7 Å². The van der Waals surface area contributed by atoms with Crippen LogP contribution in [0.25, 0.3) is 0 Å². The Kier molecular flexibility index (Phi) is 13.5. The molecule has 238 valence electrons. The second-order valence-corrected chi connectivity index (χ2v) is 12.6. The van der Waals surface area contributed by atoms with Gasteiger partial charge in [-0.3, -0.25) is 9.59 Å². The van der Waals surface area contributed by atoms with E-state index in [4.69, 9.17) is 4.74 Å². The highest BCUT2D eigenvalue weighted by Gasteiger charge is 2.39. The highest BCUT2D eigenvalue weighted by Crippen LogP contribution is 2.34. The number of nitrogens with zero attached hydrogens (tertiary/aromatic N) is 1. The van der Waals surface area contributed by atoms with Crippen molar-refractivity contribution in [2.24, 2.45) is 5.92 Å². The zero-order valence-electron chi connectivity index (χ0n) is 27.7. The van der Waals surface area contributed by atoms with Crippen LogP contribution in [0.2, 0.25) is 0 Å². The molecule has 0 saturated carbocycles. The monoisotopic (exact) mass is 595 g/mol. The lowest BCUT2D eigenvalue weighted by molar-refractivity contribution is -0.142. The summed E-state index contributed by atoms with van der Waals surface area (Å²) >= 11 is 0. The molecule has 2 aromatic rings. The number of aryl methyl sites for hydroxylation is 3. The molecule has 3 N–H and O–H groups in total. The van der Waals surface area contributed by atoms with Crippen molar-refractivity contribution in [3.8, 4) is 5.75 Å². The number of alkyl carbamates (subject to hydrolysis) is 1. The van der Waals surface area contributed by atoms with Gasteiger partial charge in [0.2, 0.25) is 5.91 Å². The normalized spacial score (nSPS) is 13.5. The molecule has 43 heavy (non-hydrogen) atoms. The SMILES string of the molecule is CCCCCCCN(C(=O)C(NC(=O)OC(C)(C)C)C(C)CC)C(C(=O)Nc1c(C)cccc1C)c1cccc(C)c1O. The van der Waals surface area contributed by atoms with Crippen LogP contribution in [-0.2, 0) is 14.3 Å². The lowest BCUT2D eigenvalue weighted by atomic mass is 9.94. The lowest BCUT2D eigenvalue weighted by Crippen LogP contribution is -2.55. The van der Waals surface area contributed by atoms with E-state index in [1.807, 2.05) is 45.9 Å². The van der Waals surface area contributed by atoms with E-state index in [9.17, 15) is 19.5 Å². The Bertz CT molecular complexity index is 1220. The lowest BCUT2D eigenvalue weighted by Gasteiger charge is -2.36. The molecule has 0 heterocycles.